The van der Waals surface area contributed by atoms with E-state index in [1.165, 1.54) is 16.4 Å². The predicted octanol–water partition coefficient (Wildman–Crippen LogP) is 3.82. The number of nitro benzene ring substituents is 1. The maximum Gasteiger partial charge on any atom is 0.271 e. The second-order valence-corrected chi connectivity index (χ2v) is 8.90. The van der Waals surface area contributed by atoms with E-state index in [1.807, 2.05) is 6.92 Å². The van der Waals surface area contributed by atoms with Gasteiger partial charge in [0.25, 0.3) is 5.69 Å². The number of halogens is 1. The van der Waals surface area contributed by atoms with Crippen molar-refractivity contribution in [1.29, 1.82) is 0 Å². The van der Waals surface area contributed by atoms with E-state index in [-0.39, 0.29) is 16.8 Å². The number of nitro groups is 1. The number of aryl methyl sites for hydroxylation is 1. The van der Waals surface area contributed by atoms with E-state index in [0.29, 0.717) is 36.5 Å². The molecule has 7 nitrogen and oxygen atoms in total. The Morgan fingerprint density at radius 3 is 2.33 bits per heavy atom. The average Bonchev–Trinajstić information content (AvgIpc) is 2.64. The van der Waals surface area contributed by atoms with Crippen LogP contribution in [0.25, 0.3) is 0 Å². The summed E-state index contributed by atoms with van der Waals surface area (Å²) in [5, 5.41) is 14.3. The van der Waals surface area contributed by atoms with Gasteiger partial charge in [0.2, 0.25) is 10.0 Å². The Balaban J connectivity index is 1.64. The van der Waals surface area contributed by atoms with Crippen LogP contribution in [0.2, 0.25) is 5.02 Å². The van der Waals surface area contributed by atoms with E-state index in [1.54, 1.807) is 30.3 Å². The fourth-order valence-corrected chi connectivity index (χ4v) is 4.75. The minimum Gasteiger partial charge on any atom is -0.381 e. The highest BCUT2D eigenvalue weighted by atomic mass is 35.5. The molecular weight excluding hydrogens is 390 g/mol. The quantitative estimate of drug-likeness (QED) is 0.598. The number of nitrogens with one attached hydrogen (secondary N) is 1. The monoisotopic (exact) mass is 409 g/mol. The van der Waals surface area contributed by atoms with E-state index in [2.05, 4.69) is 5.32 Å². The molecule has 2 aromatic carbocycles. The number of benzene rings is 2. The molecule has 2 aromatic rings. The van der Waals surface area contributed by atoms with Gasteiger partial charge in [-0.3, -0.25) is 10.1 Å². The Morgan fingerprint density at radius 2 is 1.78 bits per heavy atom. The standard InChI is InChI=1S/C18H20ClN3O4S/c1-13-2-5-16(6-3-13)27(25,26)21-10-8-14(9-11-21)20-18-7-4-15(22(23)24)12-17(18)19/h2-7,12,14,20H,8-11H2,1H3. The van der Waals surface area contributed by atoms with E-state index >= 15 is 0 Å². The van der Waals surface area contributed by atoms with Crippen LogP contribution in [0.5, 0.6) is 0 Å². The molecule has 0 saturated carbocycles. The van der Waals surface area contributed by atoms with E-state index in [0.717, 1.165) is 5.56 Å². The van der Waals surface area contributed by atoms with Gasteiger partial charge in [-0.2, -0.15) is 4.31 Å². The van der Waals surface area contributed by atoms with Gasteiger partial charge >= 0.3 is 0 Å². The number of piperidine rings is 1. The maximum absolute atomic E-state index is 12.7. The summed E-state index contributed by atoms with van der Waals surface area (Å²) in [6, 6.07) is 11.2. The Hall–Kier alpha value is -2.16. The third-order valence-electron chi connectivity index (χ3n) is 4.64. The fourth-order valence-electron chi connectivity index (χ4n) is 3.05. The lowest BCUT2D eigenvalue weighted by Crippen LogP contribution is -2.42. The number of anilines is 1. The third-order valence-corrected chi connectivity index (χ3v) is 6.86. The minimum atomic E-state index is -3.49. The molecule has 0 radical (unpaired) electrons. The fraction of sp³-hybridized carbons (Fsp3) is 0.333. The van der Waals surface area contributed by atoms with Crippen molar-refractivity contribution < 1.29 is 13.3 Å². The maximum atomic E-state index is 12.7. The summed E-state index contributed by atoms with van der Waals surface area (Å²) in [6.07, 6.45) is 1.25. The van der Waals surface area contributed by atoms with Crippen molar-refractivity contribution in [3.63, 3.8) is 0 Å². The molecule has 0 bridgehead atoms. The molecule has 3 rings (SSSR count). The molecule has 9 heteroatoms. The summed E-state index contributed by atoms with van der Waals surface area (Å²) in [5.41, 5.74) is 1.56. The zero-order chi connectivity index (χ0) is 19.6. The lowest BCUT2D eigenvalue weighted by molar-refractivity contribution is -0.384. The summed E-state index contributed by atoms with van der Waals surface area (Å²) in [7, 11) is -3.49. The van der Waals surface area contributed by atoms with E-state index in [9.17, 15) is 18.5 Å². The molecule has 0 unspecified atom stereocenters. The zero-order valence-electron chi connectivity index (χ0n) is 14.8. The molecule has 1 N–H and O–H groups in total. The summed E-state index contributed by atoms with van der Waals surface area (Å²) < 4.78 is 27.0. The number of non-ortho nitro benzene ring substituents is 1. The van der Waals surface area contributed by atoms with E-state index in [4.69, 9.17) is 11.6 Å². The third kappa shape index (κ3) is 4.40. The normalized spacial score (nSPS) is 16.2. The molecule has 0 aliphatic carbocycles. The molecule has 144 valence electrons. The largest absolute Gasteiger partial charge is 0.381 e. The van der Waals surface area contributed by atoms with Crippen molar-refractivity contribution in [1.82, 2.24) is 4.31 Å². The van der Waals surface area contributed by atoms with Crippen LogP contribution in [-0.2, 0) is 10.0 Å². The summed E-state index contributed by atoms with van der Waals surface area (Å²) in [4.78, 5) is 10.6. The topological polar surface area (TPSA) is 92.6 Å². The van der Waals surface area contributed by atoms with Gasteiger partial charge < -0.3 is 5.32 Å². The number of hydrogen-bond acceptors (Lipinski definition) is 5. The molecular formula is C18H20ClN3O4S. The van der Waals surface area contributed by atoms with Crippen molar-refractivity contribution in [2.45, 2.75) is 30.7 Å². The Morgan fingerprint density at radius 1 is 1.15 bits per heavy atom. The number of rotatable bonds is 5. The van der Waals surface area contributed by atoms with Gasteiger partial charge in [-0.1, -0.05) is 29.3 Å². The summed E-state index contributed by atoms with van der Waals surface area (Å²) in [6.45, 7) is 2.72. The molecule has 0 aromatic heterocycles. The molecule has 0 atom stereocenters. The Kier molecular flexibility index (Phi) is 5.69. The first kappa shape index (κ1) is 19.6. The first-order valence-electron chi connectivity index (χ1n) is 8.54. The highest BCUT2D eigenvalue weighted by Gasteiger charge is 2.29. The van der Waals surface area contributed by atoms with Crippen molar-refractivity contribution in [2.75, 3.05) is 18.4 Å². The van der Waals surface area contributed by atoms with Gasteiger partial charge in [-0.15, -0.1) is 0 Å². The molecule has 0 spiro atoms. The molecule has 1 heterocycles. The number of hydrogen-bond donors (Lipinski definition) is 1. The molecule has 0 amide bonds. The predicted molar refractivity (Wildman–Crippen MR) is 105 cm³/mol. The van der Waals surface area contributed by atoms with Gasteiger partial charge in [-0.05, 0) is 38.0 Å². The minimum absolute atomic E-state index is 0.0495. The SMILES string of the molecule is Cc1ccc(S(=O)(=O)N2CCC(Nc3ccc([N+](=O)[O-])cc3Cl)CC2)cc1. The van der Waals surface area contributed by atoms with Gasteiger partial charge in [0.05, 0.1) is 20.5 Å². The van der Waals surface area contributed by atoms with Crippen molar-refractivity contribution in [3.8, 4) is 0 Å². The number of sulfonamides is 1. The highest BCUT2D eigenvalue weighted by Crippen LogP contribution is 2.29. The van der Waals surface area contributed by atoms with Gasteiger partial charge in [0.15, 0.2) is 0 Å². The Bertz CT molecular complexity index is 940. The highest BCUT2D eigenvalue weighted by molar-refractivity contribution is 7.89. The number of nitrogens with zero attached hydrogens (tertiary/aromatic N) is 2. The second-order valence-electron chi connectivity index (χ2n) is 6.56. The summed E-state index contributed by atoms with van der Waals surface area (Å²) in [5.74, 6) is 0. The van der Waals surface area contributed by atoms with Gasteiger partial charge in [0, 0.05) is 31.3 Å². The zero-order valence-corrected chi connectivity index (χ0v) is 16.3. The van der Waals surface area contributed by atoms with Crippen LogP contribution in [0.15, 0.2) is 47.4 Å². The van der Waals surface area contributed by atoms with Crippen LogP contribution in [0.4, 0.5) is 11.4 Å². The second kappa shape index (κ2) is 7.84. The first-order chi connectivity index (χ1) is 12.8. The summed E-state index contributed by atoms with van der Waals surface area (Å²) >= 11 is 6.11. The lowest BCUT2D eigenvalue weighted by Gasteiger charge is -2.32. The van der Waals surface area contributed by atoms with E-state index < -0.39 is 14.9 Å². The molecule has 27 heavy (non-hydrogen) atoms. The van der Waals surface area contributed by atoms with Crippen LogP contribution in [0.3, 0.4) is 0 Å². The van der Waals surface area contributed by atoms with Crippen molar-refractivity contribution >= 4 is 33.0 Å². The van der Waals surface area contributed by atoms with Crippen LogP contribution >= 0.6 is 11.6 Å². The van der Waals surface area contributed by atoms with Crippen LogP contribution in [-0.4, -0.2) is 36.8 Å². The van der Waals surface area contributed by atoms with Crippen molar-refractivity contribution in [3.05, 3.63) is 63.2 Å². The van der Waals surface area contributed by atoms with Crippen LogP contribution in [0, 0.1) is 17.0 Å². The first-order valence-corrected chi connectivity index (χ1v) is 10.4. The molecule has 1 aliphatic rings. The lowest BCUT2D eigenvalue weighted by atomic mass is 10.1. The van der Waals surface area contributed by atoms with Crippen LogP contribution in [0.1, 0.15) is 18.4 Å². The van der Waals surface area contributed by atoms with Gasteiger partial charge in [0.1, 0.15) is 0 Å². The van der Waals surface area contributed by atoms with Crippen LogP contribution < -0.4 is 5.32 Å². The molecule has 1 fully saturated rings. The smallest absolute Gasteiger partial charge is 0.271 e. The molecule has 1 aliphatic heterocycles. The molecule has 1 saturated heterocycles. The average molecular weight is 410 g/mol. The Labute approximate surface area is 163 Å². The van der Waals surface area contributed by atoms with Gasteiger partial charge in [-0.25, -0.2) is 8.42 Å². The van der Waals surface area contributed by atoms with Crippen molar-refractivity contribution in [2.24, 2.45) is 0 Å².